The molecule has 0 aliphatic heterocycles. The molecule has 4 nitrogen and oxygen atoms in total. The summed E-state index contributed by atoms with van der Waals surface area (Å²) in [6, 6.07) is 10.8. The van der Waals surface area contributed by atoms with Crippen molar-refractivity contribution in [3.63, 3.8) is 0 Å². The van der Waals surface area contributed by atoms with Crippen molar-refractivity contribution in [1.29, 1.82) is 5.41 Å². The third kappa shape index (κ3) is 2.62. The van der Waals surface area contributed by atoms with Gasteiger partial charge in [-0.25, -0.2) is 4.98 Å². The SMILES string of the molecule is N=C(N)c1cccnc1Oc1ccccc1Br. The third-order valence-corrected chi connectivity index (χ3v) is 2.76. The molecule has 1 aromatic heterocycles. The van der Waals surface area contributed by atoms with Crippen molar-refractivity contribution in [3.05, 3.63) is 52.6 Å². The molecule has 0 atom stereocenters. The minimum atomic E-state index is -0.0693. The first kappa shape index (κ1) is 11.6. The van der Waals surface area contributed by atoms with E-state index in [0.717, 1.165) is 4.47 Å². The number of halogens is 1. The first-order chi connectivity index (χ1) is 8.18. The maximum Gasteiger partial charge on any atom is 0.230 e. The smallest absolute Gasteiger partial charge is 0.230 e. The summed E-state index contributed by atoms with van der Waals surface area (Å²) >= 11 is 3.38. The molecule has 0 aliphatic carbocycles. The molecule has 17 heavy (non-hydrogen) atoms. The Bertz CT molecular complexity index is 557. The number of benzene rings is 1. The molecule has 0 radical (unpaired) electrons. The van der Waals surface area contributed by atoms with Crippen LogP contribution in [-0.2, 0) is 0 Å². The second-order valence-corrected chi connectivity index (χ2v) is 4.16. The van der Waals surface area contributed by atoms with Gasteiger partial charge in [0.2, 0.25) is 5.88 Å². The Hall–Kier alpha value is -1.88. The van der Waals surface area contributed by atoms with Crippen molar-refractivity contribution in [2.75, 3.05) is 0 Å². The summed E-state index contributed by atoms with van der Waals surface area (Å²) in [5.74, 6) is 0.890. The number of nitrogens with zero attached hydrogens (tertiary/aromatic N) is 1. The molecular formula is C12H10BrN3O. The Balaban J connectivity index is 2.37. The Morgan fingerprint density at radius 2 is 2.00 bits per heavy atom. The number of para-hydroxylation sites is 1. The van der Waals surface area contributed by atoms with E-state index in [0.29, 0.717) is 17.2 Å². The number of nitrogen functional groups attached to an aromatic ring is 1. The zero-order chi connectivity index (χ0) is 12.3. The second kappa shape index (κ2) is 4.97. The van der Waals surface area contributed by atoms with Gasteiger partial charge < -0.3 is 10.5 Å². The van der Waals surface area contributed by atoms with Crippen LogP contribution in [-0.4, -0.2) is 10.8 Å². The highest BCUT2D eigenvalue weighted by Gasteiger charge is 2.09. The fraction of sp³-hybridized carbons (Fsp3) is 0. The van der Waals surface area contributed by atoms with E-state index >= 15 is 0 Å². The average molecular weight is 292 g/mol. The van der Waals surface area contributed by atoms with Crippen LogP contribution in [0, 0.1) is 5.41 Å². The maximum absolute atomic E-state index is 7.44. The van der Waals surface area contributed by atoms with Gasteiger partial charge in [0.1, 0.15) is 11.6 Å². The Morgan fingerprint density at radius 3 is 2.71 bits per heavy atom. The molecule has 0 bridgehead atoms. The summed E-state index contributed by atoms with van der Waals surface area (Å²) in [7, 11) is 0. The quantitative estimate of drug-likeness (QED) is 0.675. The molecule has 0 unspecified atom stereocenters. The predicted molar refractivity (Wildman–Crippen MR) is 69.5 cm³/mol. The molecule has 86 valence electrons. The normalized spacial score (nSPS) is 9.94. The predicted octanol–water partition coefficient (Wildman–Crippen LogP) is 2.92. The van der Waals surface area contributed by atoms with Crippen molar-refractivity contribution in [2.45, 2.75) is 0 Å². The molecule has 0 spiro atoms. The molecule has 2 rings (SSSR count). The van der Waals surface area contributed by atoms with Gasteiger partial charge in [-0.05, 0) is 40.2 Å². The van der Waals surface area contributed by atoms with Crippen LogP contribution in [0.3, 0.4) is 0 Å². The van der Waals surface area contributed by atoms with E-state index in [2.05, 4.69) is 20.9 Å². The van der Waals surface area contributed by atoms with E-state index in [1.54, 1.807) is 18.3 Å². The van der Waals surface area contributed by atoms with Crippen LogP contribution < -0.4 is 10.5 Å². The number of rotatable bonds is 3. The van der Waals surface area contributed by atoms with Gasteiger partial charge in [-0.3, -0.25) is 5.41 Å². The summed E-state index contributed by atoms with van der Waals surface area (Å²) in [6.07, 6.45) is 1.60. The average Bonchev–Trinajstić information content (AvgIpc) is 2.32. The fourth-order valence-corrected chi connectivity index (χ4v) is 1.67. The zero-order valence-electron chi connectivity index (χ0n) is 8.85. The maximum atomic E-state index is 7.44. The van der Waals surface area contributed by atoms with Gasteiger partial charge in [-0.15, -0.1) is 0 Å². The molecule has 0 amide bonds. The molecule has 2 aromatic rings. The summed E-state index contributed by atoms with van der Waals surface area (Å²) in [4.78, 5) is 4.07. The summed E-state index contributed by atoms with van der Waals surface area (Å²) < 4.78 is 6.44. The lowest BCUT2D eigenvalue weighted by molar-refractivity contribution is 0.459. The largest absolute Gasteiger partial charge is 0.437 e. The van der Waals surface area contributed by atoms with Crippen molar-refractivity contribution < 1.29 is 4.74 Å². The number of pyridine rings is 1. The lowest BCUT2D eigenvalue weighted by Crippen LogP contribution is -2.12. The van der Waals surface area contributed by atoms with E-state index in [9.17, 15) is 0 Å². The van der Waals surface area contributed by atoms with E-state index in [-0.39, 0.29) is 5.84 Å². The molecule has 0 fully saturated rings. The topological polar surface area (TPSA) is 72.0 Å². The van der Waals surface area contributed by atoms with Crippen molar-refractivity contribution >= 4 is 21.8 Å². The number of hydrogen-bond donors (Lipinski definition) is 2. The van der Waals surface area contributed by atoms with Gasteiger partial charge in [0.25, 0.3) is 0 Å². The van der Waals surface area contributed by atoms with Crippen molar-refractivity contribution in [3.8, 4) is 11.6 Å². The number of amidine groups is 1. The highest BCUT2D eigenvalue weighted by molar-refractivity contribution is 9.10. The third-order valence-electron chi connectivity index (χ3n) is 2.10. The summed E-state index contributed by atoms with van der Waals surface area (Å²) in [6.45, 7) is 0. The van der Waals surface area contributed by atoms with Crippen LogP contribution in [0.4, 0.5) is 0 Å². The van der Waals surface area contributed by atoms with E-state index in [4.69, 9.17) is 15.9 Å². The molecule has 0 aliphatic rings. The zero-order valence-corrected chi connectivity index (χ0v) is 10.4. The molecule has 3 N–H and O–H groups in total. The highest BCUT2D eigenvalue weighted by atomic mass is 79.9. The van der Waals surface area contributed by atoms with Gasteiger partial charge >= 0.3 is 0 Å². The molecular weight excluding hydrogens is 282 g/mol. The van der Waals surface area contributed by atoms with Crippen LogP contribution in [0.25, 0.3) is 0 Å². The standard InChI is InChI=1S/C12H10BrN3O/c13-9-5-1-2-6-10(9)17-12-8(11(14)15)4-3-7-16-12/h1-7H,(H3,14,15). The second-order valence-electron chi connectivity index (χ2n) is 3.30. The number of hydrogen-bond acceptors (Lipinski definition) is 3. The van der Waals surface area contributed by atoms with E-state index in [1.165, 1.54) is 0 Å². The van der Waals surface area contributed by atoms with Crippen molar-refractivity contribution in [1.82, 2.24) is 4.98 Å². The molecule has 0 saturated carbocycles. The lowest BCUT2D eigenvalue weighted by atomic mass is 10.2. The molecule has 1 heterocycles. The van der Waals surface area contributed by atoms with Crippen LogP contribution in [0.5, 0.6) is 11.6 Å². The van der Waals surface area contributed by atoms with Crippen LogP contribution in [0.2, 0.25) is 0 Å². The van der Waals surface area contributed by atoms with Gasteiger partial charge in [-0.2, -0.15) is 0 Å². The first-order valence-corrected chi connectivity index (χ1v) is 5.69. The van der Waals surface area contributed by atoms with Gasteiger partial charge in [0.05, 0.1) is 10.0 Å². The minimum Gasteiger partial charge on any atom is -0.437 e. The van der Waals surface area contributed by atoms with Gasteiger partial charge in [-0.1, -0.05) is 12.1 Å². The van der Waals surface area contributed by atoms with Gasteiger partial charge in [0, 0.05) is 6.20 Å². The Kier molecular flexibility index (Phi) is 3.39. The molecule has 0 saturated heterocycles. The molecule has 5 heteroatoms. The van der Waals surface area contributed by atoms with Crippen LogP contribution in [0.1, 0.15) is 5.56 Å². The summed E-state index contributed by atoms with van der Waals surface area (Å²) in [5, 5.41) is 7.44. The monoisotopic (exact) mass is 291 g/mol. The van der Waals surface area contributed by atoms with Gasteiger partial charge in [0.15, 0.2) is 0 Å². The lowest BCUT2D eigenvalue weighted by Gasteiger charge is -2.09. The number of aromatic nitrogens is 1. The van der Waals surface area contributed by atoms with Crippen LogP contribution in [0.15, 0.2) is 47.1 Å². The Labute approximate surface area is 107 Å². The van der Waals surface area contributed by atoms with Crippen molar-refractivity contribution in [2.24, 2.45) is 5.73 Å². The first-order valence-electron chi connectivity index (χ1n) is 4.90. The minimum absolute atomic E-state index is 0.0693. The molecule has 1 aromatic carbocycles. The number of nitrogens with one attached hydrogen (secondary N) is 1. The number of ether oxygens (including phenoxy) is 1. The summed E-state index contributed by atoms with van der Waals surface area (Å²) in [5.41, 5.74) is 5.93. The fourth-order valence-electron chi connectivity index (χ4n) is 1.31. The van der Waals surface area contributed by atoms with Crippen LogP contribution >= 0.6 is 15.9 Å². The van der Waals surface area contributed by atoms with E-state index in [1.807, 2.05) is 24.3 Å². The highest BCUT2D eigenvalue weighted by Crippen LogP contribution is 2.29. The van der Waals surface area contributed by atoms with E-state index < -0.39 is 0 Å². The number of nitrogens with two attached hydrogens (primary N) is 1. The Morgan fingerprint density at radius 1 is 1.24 bits per heavy atom.